The fourth-order valence-corrected chi connectivity index (χ4v) is 5.03. The lowest BCUT2D eigenvalue weighted by Gasteiger charge is -2.20. The predicted molar refractivity (Wildman–Crippen MR) is 126 cm³/mol. The molecule has 0 radical (unpaired) electrons. The van der Waals surface area contributed by atoms with Gasteiger partial charge in [-0.3, -0.25) is 14.5 Å². The lowest BCUT2D eigenvalue weighted by atomic mass is 10.1. The van der Waals surface area contributed by atoms with Gasteiger partial charge >= 0.3 is 6.09 Å². The Hall–Kier alpha value is -3.85. The number of ether oxygens (including phenoxy) is 2. The van der Waals surface area contributed by atoms with Crippen LogP contribution < -0.4 is 25.8 Å². The van der Waals surface area contributed by atoms with E-state index in [2.05, 4.69) is 16.7 Å². The topological polar surface area (TPSA) is 102 Å². The number of hydrogen-bond donors (Lipinski definition) is 2. The van der Waals surface area contributed by atoms with E-state index < -0.39 is 6.09 Å². The van der Waals surface area contributed by atoms with Gasteiger partial charge in [-0.15, -0.1) is 0 Å². The summed E-state index contributed by atoms with van der Waals surface area (Å²) in [5.74, 6) is 0.371. The first-order valence-corrected chi connectivity index (χ1v) is 11.5. The summed E-state index contributed by atoms with van der Waals surface area (Å²) in [6.45, 7) is 1.82. The maximum atomic E-state index is 12.5. The highest BCUT2D eigenvalue weighted by atomic mass is 16.6. The Morgan fingerprint density at radius 3 is 2.88 bits per heavy atom. The number of anilines is 2. The Balaban J connectivity index is 1.05. The smallest absolute Gasteiger partial charge is 0.414 e. The maximum absolute atomic E-state index is 12.5. The minimum Gasteiger partial charge on any atom is -0.482 e. The van der Waals surface area contributed by atoms with Crippen LogP contribution in [0.3, 0.4) is 0 Å². The van der Waals surface area contributed by atoms with Crippen molar-refractivity contribution < 1.29 is 19.1 Å². The van der Waals surface area contributed by atoms with Crippen LogP contribution in [0.4, 0.5) is 16.2 Å². The summed E-state index contributed by atoms with van der Waals surface area (Å²) in [4.78, 5) is 37.9. The highest BCUT2D eigenvalue weighted by Gasteiger charge is 2.33. The van der Waals surface area contributed by atoms with Crippen molar-refractivity contribution in [2.75, 3.05) is 29.9 Å². The van der Waals surface area contributed by atoms with Crippen LogP contribution in [0.1, 0.15) is 24.4 Å². The van der Waals surface area contributed by atoms with E-state index in [1.807, 2.05) is 22.8 Å². The molecule has 0 bridgehead atoms. The van der Waals surface area contributed by atoms with E-state index in [0.29, 0.717) is 30.2 Å². The van der Waals surface area contributed by atoms with Gasteiger partial charge in [0, 0.05) is 18.3 Å². The molecule has 3 aliphatic rings. The normalized spacial score (nSPS) is 20.8. The van der Waals surface area contributed by atoms with E-state index in [9.17, 15) is 14.4 Å². The number of nitrogens with zero attached hydrogens (tertiary/aromatic N) is 2. The molecule has 9 nitrogen and oxygen atoms in total. The number of pyridine rings is 1. The zero-order valence-corrected chi connectivity index (χ0v) is 18.5. The molecule has 2 aromatic carbocycles. The van der Waals surface area contributed by atoms with Gasteiger partial charge in [0.05, 0.1) is 23.8 Å². The number of cyclic esters (lactones) is 1. The number of fused-ring (bicyclic) bond motifs is 1. The number of hydrogen-bond acceptors (Lipinski definition) is 6. The van der Waals surface area contributed by atoms with E-state index >= 15 is 0 Å². The number of carbonyl (C=O) groups excluding carboxylic acids is 2. The molecule has 174 valence electrons. The van der Waals surface area contributed by atoms with Crippen LogP contribution in [0.5, 0.6) is 5.75 Å². The lowest BCUT2D eigenvalue weighted by molar-refractivity contribution is -0.118. The number of carbonyl (C=O) groups is 2. The molecule has 2 amide bonds. The van der Waals surface area contributed by atoms with Crippen LogP contribution in [0.25, 0.3) is 10.9 Å². The molecule has 6 rings (SSSR count). The van der Waals surface area contributed by atoms with Gasteiger partial charge in [0.25, 0.3) is 11.5 Å². The summed E-state index contributed by atoms with van der Waals surface area (Å²) in [6, 6.07) is 15.0. The Bertz CT molecular complexity index is 1370. The van der Waals surface area contributed by atoms with Crippen molar-refractivity contribution in [2.45, 2.75) is 31.5 Å². The van der Waals surface area contributed by atoms with Crippen molar-refractivity contribution >= 4 is 34.3 Å². The van der Waals surface area contributed by atoms with Crippen molar-refractivity contribution in [1.82, 2.24) is 9.88 Å². The molecule has 1 saturated heterocycles. The largest absolute Gasteiger partial charge is 0.482 e. The van der Waals surface area contributed by atoms with E-state index in [0.717, 1.165) is 35.9 Å². The van der Waals surface area contributed by atoms with Gasteiger partial charge in [0.2, 0.25) is 0 Å². The summed E-state index contributed by atoms with van der Waals surface area (Å²) < 4.78 is 12.8. The highest BCUT2D eigenvalue weighted by Crippen LogP contribution is 2.34. The first kappa shape index (κ1) is 20.7. The first-order chi connectivity index (χ1) is 16.6. The Morgan fingerprint density at radius 2 is 1.97 bits per heavy atom. The molecular weight excluding hydrogens is 436 g/mol. The molecule has 34 heavy (non-hydrogen) atoms. The van der Waals surface area contributed by atoms with Gasteiger partial charge in [-0.25, -0.2) is 4.79 Å². The summed E-state index contributed by atoms with van der Waals surface area (Å²) >= 11 is 0. The van der Waals surface area contributed by atoms with Crippen molar-refractivity contribution in [3.8, 4) is 5.75 Å². The third kappa shape index (κ3) is 3.58. The van der Waals surface area contributed by atoms with E-state index in [-0.39, 0.29) is 30.2 Å². The SMILES string of the molecule is O=C1COc2ccc(N3C[C@@H](CCCN[C@@H]4Cn5c(=O)ccc6cccc4c65)OC3=O)cc2N1. The van der Waals surface area contributed by atoms with Crippen molar-refractivity contribution in [1.29, 1.82) is 0 Å². The molecule has 3 aromatic rings. The standard InChI is InChI=1S/C25H24N4O5/c30-22-14-33-21-8-7-16(11-19(21)27-22)28-12-17(34-25(28)32)4-2-10-26-20-13-29-23(31)9-6-15-3-1-5-18(20)24(15)29/h1,3,5-9,11,17,20,26H,2,4,10,12-14H2,(H,27,30)/t17-,20-/m1/s1. The minimum absolute atomic E-state index is 0.00690. The molecule has 1 aromatic heterocycles. The van der Waals surface area contributed by atoms with Gasteiger partial charge in [0.15, 0.2) is 6.61 Å². The Morgan fingerprint density at radius 1 is 1.06 bits per heavy atom. The van der Waals surface area contributed by atoms with E-state index in [4.69, 9.17) is 9.47 Å². The molecule has 0 spiro atoms. The van der Waals surface area contributed by atoms with Crippen LogP contribution in [0, 0.1) is 0 Å². The van der Waals surface area contributed by atoms with Gasteiger partial charge in [-0.2, -0.15) is 0 Å². The summed E-state index contributed by atoms with van der Waals surface area (Å²) in [5.41, 5.74) is 3.41. The third-order valence-corrected chi connectivity index (χ3v) is 6.66. The molecule has 2 N–H and O–H groups in total. The average molecular weight is 460 g/mol. The molecule has 0 unspecified atom stereocenters. The van der Waals surface area contributed by atoms with Crippen LogP contribution in [-0.4, -0.2) is 42.4 Å². The maximum Gasteiger partial charge on any atom is 0.414 e. The summed E-state index contributed by atoms with van der Waals surface area (Å²) in [7, 11) is 0. The number of rotatable bonds is 6. The Labute approximate surface area is 195 Å². The molecule has 3 aliphatic heterocycles. The fraction of sp³-hybridized carbons (Fsp3) is 0.320. The van der Waals surface area contributed by atoms with Crippen molar-refractivity contribution in [3.63, 3.8) is 0 Å². The lowest BCUT2D eigenvalue weighted by Crippen LogP contribution is -2.28. The zero-order chi connectivity index (χ0) is 23.2. The molecule has 1 fully saturated rings. The molecule has 0 aliphatic carbocycles. The van der Waals surface area contributed by atoms with Crippen LogP contribution in [0.15, 0.2) is 53.3 Å². The van der Waals surface area contributed by atoms with Crippen LogP contribution >= 0.6 is 0 Å². The minimum atomic E-state index is -0.391. The number of aromatic nitrogens is 1. The number of nitrogens with one attached hydrogen (secondary N) is 2. The monoisotopic (exact) mass is 460 g/mol. The summed E-state index contributed by atoms with van der Waals surface area (Å²) in [5, 5.41) is 7.40. The predicted octanol–water partition coefficient (Wildman–Crippen LogP) is 2.78. The van der Waals surface area contributed by atoms with Gasteiger partial charge in [-0.05, 0) is 54.6 Å². The van der Waals surface area contributed by atoms with Gasteiger partial charge in [-0.1, -0.05) is 18.2 Å². The van der Waals surface area contributed by atoms with E-state index in [1.54, 1.807) is 29.2 Å². The second kappa shape index (κ2) is 8.18. The van der Waals surface area contributed by atoms with Crippen molar-refractivity contribution in [2.24, 2.45) is 0 Å². The fourth-order valence-electron chi connectivity index (χ4n) is 5.03. The average Bonchev–Trinajstić information content (AvgIpc) is 3.40. The van der Waals surface area contributed by atoms with E-state index in [1.165, 1.54) is 0 Å². The van der Waals surface area contributed by atoms with Gasteiger partial charge in [0.1, 0.15) is 11.9 Å². The highest BCUT2D eigenvalue weighted by molar-refractivity contribution is 5.97. The molecule has 2 atom stereocenters. The molecule has 9 heteroatoms. The zero-order valence-electron chi connectivity index (χ0n) is 18.5. The number of para-hydroxylation sites is 1. The van der Waals surface area contributed by atoms with Crippen LogP contribution in [-0.2, 0) is 16.1 Å². The third-order valence-electron chi connectivity index (χ3n) is 6.66. The summed E-state index contributed by atoms with van der Waals surface area (Å²) in [6.07, 6.45) is 0.961. The number of benzene rings is 2. The van der Waals surface area contributed by atoms with Crippen LogP contribution in [0.2, 0.25) is 0 Å². The van der Waals surface area contributed by atoms with Crippen molar-refractivity contribution in [3.05, 3.63) is 64.4 Å². The second-order valence-electron chi connectivity index (χ2n) is 8.85. The second-order valence-corrected chi connectivity index (χ2v) is 8.85. The first-order valence-electron chi connectivity index (χ1n) is 11.5. The quantitative estimate of drug-likeness (QED) is 0.549. The Kier molecular flexibility index (Phi) is 4.99. The molecular formula is C25H24N4O5. The molecule has 0 saturated carbocycles. The number of amides is 2. The molecule has 4 heterocycles. The van der Waals surface area contributed by atoms with Gasteiger partial charge < -0.3 is 24.7 Å².